The van der Waals surface area contributed by atoms with Crippen LogP contribution in [0.5, 0.6) is 0 Å². The molecule has 0 spiro atoms. The summed E-state index contributed by atoms with van der Waals surface area (Å²) in [6.45, 7) is -0.0793. The summed E-state index contributed by atoms with van der Waals surface area (Å²) in [5.74, 6) is -1.14. The molecule has 0 fully saturated rings. The first-order valence-corrected chi connectivity index (χ1v) is 7.58. The third-order valence-corrected chi connectivity index (χ3v) is 4.04. The van der Waals surface area contributed by atoms with Crippen LogP contribution in [0.4, 0.5) is 8.78 Å². The van der Waals surface area contributed by atoms with E-state index in [0.29, 0.717) is 35.9 Å². The lowest BCUT2D eigenvalue weighted by Crippen LogP contribution is -2.31. The number of hydrogen-bond acceptors (Lipinski definition) is 2. The molecule has 122 valence electrons. The molecule has 0 saturated carbocycles. The van der Waals surface area contributed by atoms with E-state index in [1.54, 1.807) is 36.4 Å². The van der Waals surface area contributed by atoms with Crippen molar-refractivity contribution >= 4 is 11.8 Å². The summed E-state index contributed by atoms with van der Waals surface area (Å²) in [5, 5.41) is 0. The number of amides is 2. The Kier molecular flexibility index (Phi) is 4.51. The van der Waals surface area contributed by atoms with Crippen LogP contribution in [-0.4, -0.2) is 23.3 Å². The van der Waals surface area contributed by atoms with Gasteiger partial charge in [0.2, 0.25) is 0 Å². The zero-order valence-electron chi connectivity index (χ0n) is 12.8. The van der Waals surface area contributed by atoms with Gasteiger partial charge >= 0.3 is 0 Å². The fraction of sp³-hybridized carbons (Fsp3) is 0.158. The van der Waals surface area contributed by atoms with Crippen molar-refractivity contribution in [2.45, 2.75) is 12.8 Å². The average molecular weight is 327 g/mol. The van der Waals surface area contributed by atoms with Crippen LogP contribution < -0.4 is 0 Å². The highest BCUT2D eigenvalue weighted by molar-refractivity contribution is 6.21. The molecule has 0 aliphatic carbocycles. The van der Waals surface area contributed by atoms with Gasteiger partial charge in [-0.1, -0.05) is 24.3 Å². The molecule has 0 N–H and O–H groups in total. The van der Waals surface area contributed by atoms with Gasteiger partial charge in [-0.25, -0.2) is 8.78 Å². The second-order valence-electron chi connectivity index (χ2n) is 5.64. The minimum absolute atomic E-state index is 0.0793. The number of benzene rings is 2. The highest BCUT2D eigenvalue weighted by Crippen LogP contribution is 2.24. The molecular weight excluding hydrogens is 312 g/mol. The first kappa shape index (κ1) is 16.1. The summed E-state index contributed by atoms with van der Waals surface area (Å²) in [7, 11) is 0. The van der Waals surface area contributed by atoms with Crippen molar-refractivity contribution in [3.63, 3.8) is 0 Å². The predicted molar refractivity (Wildman–Crippen MR) is 85.7 cm³/mol. The van der Waals surface area contributed by atoms with E-state index in [0.717, 1.165) is 10.5 Å². The van der Waals surface area contributed by atoms with Crippen LogP contribution in [-0.2, 0) is 6.42 Å². The molecule has 3 nitrogen and oxygen atoms in total. The van der Waals surface area contributed by atoms with Gasteiger partial charge in [0.05, 0.1) is 24.0 Å². The number of aryl methyl sites for hydroxylation is 1. The van der Waals surface area contributed by atoms with E-state index in [2.05, 4.69) is 0 Å². The lowest BCUT2D eigenvalue weighted by atomic mass is 10.1. The molecular formula is C19H15F2NO2. The number of carbonyl (C=O) groups excluding carboxylic acids is 2. The predicted octanol–water partition coefficient (Wildman–Crippen LogP) is 3.91. The summed E-state index contributed by atoms with van der Waals surface area (Å²) in [6, 6.07) is 12.5. The van der Waals surface area contributed by atoms with E-state index in [1.165, 1.54) is 12.1 Å². The highest BCUT2D eigenvalue weighted by Gasteiger charge is 2.35. The molecule has 5 heteroatoms. The third-order valence-electron chi connectivity index (χ3n) is 4.04. The van der Waals surface area contributed by atoms with Crippen molar-refractivity contribution in [3.05, 3.63) is 82.9 Å². The maximum Gasteiger partial charge on any atom is 0.261 e. The van der Waals surface area contributed by atoms with Crippen LogP contribution in [0.25, 0.3) is 0 Å². The molecule has 0 aromatic heterocycles. The maximum atomic E-state index is 13.2. The Morgan fingerprint density at radius 3 is 2.08 bits per heavy atom. The van der Waals surface area contributed by atoms with Crippen LogP contribution in [0.1, 0.15) is 32.7 Å². The molecule has 1 heterocycles. The molecule has 0 saturated heterocycles. The van der Waals surface area contributed by atoms with E-state index in [9.17, 15) is 18.4 Å². The molecule has 0 unspecified atom stereocenters. The molecule has 2 aromatic rings. The Labute approximate surface area is 138 Å². The van der Waals surface area contributed by atoms with E-state index in [1.807, 2.05) is 0 Å². The zero-order chi connectivity index (χ0) is 17.1. The Morgan fingerprint density at radius 1 is 0.958 bits per heavy atom. The van der Waals surface area contributed by atoms with Crippen molar-refractivity contribution in [2.75, 3.05) is 6.54 Å². The van der Waals surface area contributed by atoms with Gasteiger partial charge in [-0.15, -0.1) is 0 Å². The Balaban J connectivity index is 1.67. The molecule has 2 amide bonds. The van der Waals surface area contributed by atoms with Crippen molar-refractivity contribution in [1.29, 1.82) is 0 Å². The van der Waals surface area contributed by atoms with Gasteiger partial charge < -0.3 is 0 Å². The molecule has 24 heavy (non-hydrogen) atoms. The van der Waals surface area contributed by atoms with Crippen molar-refractivity contribution in [2.24, 2.45) is 0 Å². The van der Waals surface area contributed by atoms with Gasteiger partial charge in [-0.05, 0) is 48.2 Å². The standard InChI is InChI=1S/C19H15F2NO2/c20-11-14(6-5-13-7-9-15(21)10-8-13)12-22-18(23)16-3-1-2-4-17(16)19(22)24/h1-4,7-11H,5-6,12H2/b14-11+. The first-order valence-electron chi connectivity index (χ1n) is 7.58. The molecule has 3 rings (SSSR count). The average Bonchev–Trinajstić information content (AvgIpc) is 2.85. The summed E-state index contributed by atoms with van der Waals surface area (Å²) < 4.78 is 26.1. The summed E-state index contributed by atoms with van der Waals surface area (Å²) >= 11 is 0. The molecule has 2 aromatic carbocycles. The van der Waals surface area contributed by atoms with Gasteiger partial charge in [0, 0.05) is 0 Å². The van der Waals surface area contributed by atoms with Crippen LogP contribution in [0.15, 0.2) is 60.4 Å². The van der Waals surface area contributed by atoms with Crippen molar-refractivity contribution < 1.29 is 18.4 Å². The second-order valence-corrected chi connectivity index (χ2v) is 5.64. The smallest absolute Gasteiger partial charge is 0.261 e. The number of hydrogen-bond donors (Lipinski definition) is 0. The Bertz CT molecular complexity index is 777. The number of halogens is 2. The van der Waals surface area contributed by atoms with E-state index in [4.69, 9.17) is 0 Å². The Hall–Kier alpha value is -2.82. The largest absolute Gasteiger partial charge is 0.270 e. The minimum Gasteiger partial charge on any atom is -0.270 e. The lowest BCUT2D eigenvalue weighted by molar-refractivity contribution is 0.0666. The van der Waals surface area contributed by atoms with E-state index < -0.39 is 11.8 Å². The molecule has 0 atom stereocenters. The van der Waals surface area contributed by atoms with Gasteiger partial charge in [0.25, 0.3) is 11.8 Å². The fourth-order valence-corrected chi connectivity index (χ4v) is 2.71. The summed E-state index contributed by atoms with van der Waals surface area (Å²) in [6.07, 6.45) is 1.28. The number of nitrogens with zero attached hydrogens (tertiary/aromatic N) is 1. The van der Waals surface area contributed by atoms with Crippen molar-refractivity contribution in [1.82, 2.24) is 4.90 Å². The topological polar surface area (TPSA) is 37.4 Å². The number of fused-ring (bicyclic) bond motifs is 1. The number of rotatable bonds is 5. The quantitative estimate of drug-likeness (QED) is 0.781. The zero-order valence-corrected chi connectivity index (χ0v) is 12.8. The molecule has 0 bridgehead atoms. The van der Waals surface area contributed by atoms with Gasteiger partial charge in [0.1, 0.15) is 5.82 Å². The van der Waals surface area contributed by atoms with Gasteiger partial charge in [0.15, 0.2) is 0 Å². The van der Waals surface area contributed by atoms with Gasteiger partial charge in [-0.2, -0.15) is 0 Å². The normalized spacial score (nSPS) is 14.2. The van der Waals surface area contributed by atoms with E-state index in [-0.39, 0.29) is 12.4 Å². The monoisotopic (exact) mass is 327 g/mol. The SMILES string of the molecule is O=C1c2ccccc2C(=O)N1C/C(=C/F)CCc1ccc(F)cc1. The summed E-state index contributed by atoms with van der Waals surface area (Å²) in [5.41, 5.74) is 1.89. The van der Waals surface area contributed by atoms with E-state index >= 15 is 0 Å². The van der Waals surface area contributed by atoms with Crippen molar-refractivity contribution in [3.8, 4) is 0 Å². The molecule has 0 radical (unpaired) electrons. The highest BCUT2D eigenvalue weighted by atomic mass is 19.1. The third kappa shape index (κ3) is 3.11. The minimum atomic E-state index is -0.406. The number of carbonyl (C=O) groups is 2. The Morgan fingerprint density at radius 2 is 1.54 bits per heavy atom. The first-order chi connectivity index (χ1) is 11.6. The van der Waals surface area contributed by atoms with Gasteiger partial charge in [-0.3, -0.25) is 14.5 Å². The summed E-state index contributed by atoms with van der Waals surface area (Å²) in [4.78, 5) is 25.6. The number of imide groups is 1. The van der Waals surface area contributed by atoms with Crippen LogP contribution in [0, 0.1) is 5.82 Å². The van der Waals surface area contributed by atoms with Crippen LogP contribution in [0.3, 0.4) is 0 Å². The molecule has 1 aliphatic heterocycles. The molecule has 1 aliphatic rings. The fourth-order valence-electron chi connectivity index (χ4n) is 2.71. The maximum absolute atomic E-state index is 13.2. The lowest BCUT2D eigenvalue weighted by Gasteiger charge is -2.15. The second kappa shape index (κ2) is 6.74. The van der Waals surface area contributed by atoms with Crippen LogP contribution in [0.2, 0.25) is 0 Å². The van der Waals surface area contributed by atoms with Crippen LogP contribution >= 0.6 is 0 Å².